The fourth-order valence-corrected chi connectivity index (χ4v) is 3.14. The molecule has 0 saturated heterocycles. The Morgan fingerprint density at radius 1 is 1.29 bits per heavy atom. The molecular formula is C17H25N3O. The van der Waals surface area contributed by atoms with Crippen molar-refractivity contribution in [2.75, 3.05) is 34.8 Å². The van der Waals surface area contributed by atoms with Crippen LogP contribution in [0.25, 0.3) is 0 Å². The van der Waals surface area contributed by atoms with Crippen LogP contribution in [0.1, 0.15) is 30.4 Å². The first-order valence-electron chi connectivity index (χ1n) is 7.44. The van der Waals surface area contributed by atoms with Crippen LogP contribution < -0.4 is 4.74 Å². The Labute approximate surface area is 127 Å². The summed E-state index contributed by atoms with van der Waals surface area (Å²) >= 11 is 0. The van der Waals surface area contributed by atoms with Gasteiger partial charge in [-0.1, -0.05) is 6.07 Å². The third-order valence-electron chi connectivity index (χ3n) is 4.63. The van der Waals surface area contributed by atoms with Gasteiger partial charge in [-0.3, -0.25) is 0 Å². The minimum atomic E-state index is 0.333. The Morgan fingerprint density at radius 3 is 2.48 bits per heavy atom. The van der Waals surface area contributed by atoms with Gasteiger partial charge >= 0.3 is 0 Å². The number of benzene rings is 1. The van der Waals surface area contributed by atoms with Crippen molar-refractivity contribution in [3.63, 3.8) is 0 Å². The molecule has 4 heteroatoms. The highest BCUT2D eigenvalue weighted by Gasteiger charge is 2.39. The summed E-state index contributed by atoms with van der Waals surface area (Å²) in [4.78, 5) is 4.71. The molecule has 1 saturated carbocycles. The second-order valence-corrected chi connectivity index (χ2v) is 6.29. The summed E-state index contributed by atoms with van der Waals surface area (Å²) in [5.74, 6) is 0.646. The van der Waals surface area contributed by atoms with E-state index in [1.807, 2.05) is 18.2 Å². The van der Waals surface area contributed by atoms with E-state index in [0.717, 1.165) is 18.7 Å². The lowest BCUT2D eigenvalue weighted by Crippen LogP contribution is -2.56. The first kappa shape index (κ1) is 15.8. The van der Waals surface area contributed by atoms with E-state index < -0.39 is 0 Å². The van der Waals surface area contributed by atoms with E-state index >= 15 is 0 Å². The van der Waals surface area contributed by atoms with E-state index in [2.05, 4.69) is 37.0 Å². The van der Waals surface area contributed by atoms with E-state index in [0.29, 0.717) is 16.9 Å². The van der Waals surface area contributed by atoms with Gasteiger partial charge in [0.1, 0.15) is 11.8 Å². The van der Waals surface area contributed by atoms with E-state index in [4.69, 9.17) is 10.00 Å². The Bertz CT molecular complexity index is 529. The average Bonchev–Trinajstić information content (AvgIpc) is 2.42. The molecule has 0 atom stereocenters. The maximum Gasteiger partial charge on any atom is 0.136 e. The lowest BCUT2D eigenvalue weighted by Gasteiger charge is -2.49. The minimum absolute atomic E-state index is 0.333. The van der Waals surface area contributed by atoms with Crippen LogP contribution in [0.2, 0.25) is 0 Å². The third-order valence-corrected chi connectivity index (χ3v) is 4.63. The molecule has 1 aliphatic rings. The van der Waals surface area contributed by atoms with Gasteiger partial charge in [-0.05, 0) is 58.1 Å². The maximum atomic E-state index is 9.16. The van der Waals surface area contributed by atoms with Crippen molar-refractivity contribution in [1.82, 2.24) is 9.80 Å². The summed E-state index contributed by atoms with van der Waals surface area (Å²) in [5, 5.41) is 9.16. The van der Waals surface area contributed by atoms with Crippen LogP contribution in [-0.4, -0.2) is 50.1 Å². The van der Waals surface area contributed by atoms with Gasteiger partial charge in [-0.2, -0.15) is 5.26 Å². The standard InChI is InChI=1S/C17H25N3O/c1-19(2)17(8-5-9-17)13-20(3)12-14-6-7-16(21-4)15(10-14)11-18/h6-7,10H,5,8-9,12-13H2,1-4H3. The number of hydrogen-bond donors (Lipinski definition) is 0. The highest BCUT2D eigenvalue weighted by Crippen LogP contribution is 2.36. The van der Waals surface area contributed by atoms with Crippen molar-refractivity contribution in [3.05, 3.63) is 29.3 Å². The van der Waals surface area contributed by atoms with Crippen LogP contribution in [0.3, 0.4) is 0 Å². The quantitative estimate of drug-likeness (QED) is 0.806. The maximum absolute atomic E-state index is 9.16. The van der Waals surface area contributed by atoms with Gasteiger partial charge in [0.25, 0.3) is 0 Å². The molecular weight excluding hydrogens is 262 g/mol. The van der Waals surface area contributed by atoms with E-state index in [9.17, 15) is 0 Å². The molecule has 0 radical (unpaired) electrons. The first-order valence-corrected chi connectivity index (χ1v) is 7.44. The van der Waals surface area contributed by atoms with Crippen molar-refractivity contribution in [2.45, 2.75) is 31.3 Å². The number of nitrogens with zero attached hydrogens (tertiary/aromatic N) is 3. The molecule has 1 aromatic carbocycles. The van der Waals surface area contributed by atoms with Gasteiger partial charge in [0.05, 0.1) is 12.7 Å². The minimum Gasteiger partial charge on any atom is -0.495 e. The highest BCUT2D eigenvalue weighted by molar-refractivity contribution is 5.45. The monoisotopic (exact) mass is 287 g/mol. The summed E-state index contributed by atoms with van der Waals surface area (Å²) in [6, 6.07) is 8.05. The topological polar surface area (TPSA) is 39.5 Å². The SMILES string of the molecule is COc1ccc(CN(C)CC2(N(C)C)CCC2)cc1C#N. The molecule has 1 aromatic rings. The number of methoxy groups -OCH3 is 1. The van der Waals surface area contributed by atoms with Crippen LogP contribution in [0.5, 0.6) is 5.75 Å². The van der Waals surface area contributed by atoms with Gasteiger partial charge in [0.15, 0.2) is 0 Å². The van der Waals surface area contributed by atoms with Gasteiger partial charge < -0.3 is 14.5 Å². The normalized spacial score (nSPS) is 16.6. The second-order valence-electron chi connectivity index (χ2n) is 6.29. The molecule has 0 spiro atoms. The molecule has 0 N–H and O–H groups in total. The molecule has 4 nitrogen and oxygen atoms in total. The Morgan fingerprint density at radius 2 is 2.00 bits per heavy atom. The van der Waals surface area contributed by atoms with Crippen molar-refractivity contribution < 1.29 is 4.74 Å². The average molecular weight is 287 g/mol. The van der Waals surface area contributed by atoms with Gasteiger partial charge in [0, 0.05) is 18.6 Å². The van der Waals surface area contributed by atoms with Crippen molar-refractivity contribution in [1.29, 1.82) is 5.26 Å². The van der Waals surface area contributed by atoms with E-state index in [-0.39, 0.29) is 0 Å². The van der Waals surface area contributed by atoms with Gasteiger partial charge in [-0.25, -0.2) is 0 Å². The highest BCUT2D eigenvalue weighted by atomic mass is 16.5. The number of rotatable bonds is 6. The van der Waals surface area contributed by atoms with Crippen molar-refractivity contribution >= 4 is 0 Å². The molecule has 0 amide bonds. The zero-order valence-electron chi connectivity index (χ0n) is 13.5. The van der Waals surface area contributed by atoms with Crippen LogP contribution in [-0.2, 0) is 6.54 Å². The van der Waals surface area contributed by atoms with Gasteiger partial charge in [0.2, 0.25) is 0 Å². The number of ether oxygens (including phenoxy) is 1. The third kappa shape index (κ3) is 3.37. The predicted octanol–water partition coefficient (Wildman–Crippen LogP) is 2.48. The fourth-order valence-electron chi connectivity index (χ4n) is 3.14. The molecule has 2 rings (SSSR count). The second kappa shape index (κ2) is 6.46. The number of hydrogen-bond acceptors (Lipinski definition) is 4. The van der Waals surface area contributed by atoms with Gasteiger partial charge in [-0.15, -0.1) is 0 Å². The molecule has 114 valence electrons. The lowest BCUT2D eigenvalue weighted by atomic mass is 9.75. The summed E-state index contributed by atoms with van der Waals surface area (Å²) < 4.78 is 5.19. The Balaban J connectivity index is 2.03. The Kier molecular flexibility index (Phi) is 4.87. The molecule has 1 aliphatic carbocycles. The fraction of sp³-hybridized carbons (Fsp3) is 0.588. The predicted molar refractivity (Wildman–Crippen MR) is 84.3 cm³/mol. The zero-order valence-corrected chi connectivity index (χ0v) is 13.5. The van der Waals surface area contributed by atoms with E-state index in [1.54, 1.807) is 7.11 Å². The number of nitriles is 1. The number of likely N-dealkylation sites (N-methyl/N-ethyl adjacent to an activating group) is 2. The first-order chi connectivity index (χ1) is 10.0. The van der Waals surface area contributed by atoms with Crippen molar-refractivity contribution in [2.24, 2.45) is 0 Å². The van der Waals surface area contributed by atoms with Crippen LogP contribution in [0.4, 0.5) is 0 Å². The summed E-state index contributed by atoms with van der Waals surface area (Å²) in [7, 11) is 8.10. The molecule has 0 heterocycles. The molecule has 0 aliphatic heterocycles. The molecule has 0 bridgehead atoms. The molecule has 21 heavy (non-hydrogen) atoms. The zero-order chi connectivity index (χ0) is 15.5. The summed E-state index contributed by atoms with van der Waals surface area (Å²) in [6.45, 7) is 1.92. The lowest BCUT2D eigenvalue weighted by molar-refractivity contribution is 0.0259. The molecule has 0 aromatic heterocycles. The summed E-state index contributed by atoms with van der Waals surface area (Å²) in [6.07, 6.45) is 3.87. The summed E-state index contributed by atoms with van der Waals surface area (Å²) in [5.41, 5.74) is 2.09. The van der Waals surface area contributed by atoms with Crippen LogP contribution in [0.15, 0.2) is 18.2 Å². The van der Waals surface area contributed by atoms with Crippen LogP contribution in [0, 0.1) is 11.3 Å². The van der Waals surface area contributed by atoms with Crippen molar-refractivity contribution in [3.8, 4) is 11.8 Å². The largest absolute Gasteiger partial charge is 0.495 e. The van der Waals surface area contributed by atoms with E-state index in [1.165, 1.54) is 19.3 Å². The van der Waals surface area contributed by atoms with Crippen LogP contribution >= 0.6 is 0 Å². The smallest absolute Gasteiger partial charge is 0.136 e. The molecule has 0 unspecified atom stereocenters. The Hall–Kier alpha value is -1.57. The molecule has 1 fully saturated rings.